The van der Waals surface area contributed by atoms with E-state index >= 15 is 0 Å². The van der Waals surface area contributed by atoms with Crippen LogP contribution in [0.4, 0.5) is 0 Å². The minimum Gasteiger partial charge on any atom is -0.381 e. The van der Waals surface area contributed by atoms with Crippen molar-refractivity contribution < 1.29 is 14.3 Å². The summed E-state index contributed by atoms with van der Waals surface area (Å²) in [5.41, 5.74) is 0. The number of carbonyl (C=O) groups is 2. The van der Waals surface area contributed by atoms with Gasteiger partial charge in [-0.1, -0.05) is 0 Å². The van der Waals surface area contributed by atoms with Crippen molar-refractivity contribution in [1.82, 2.24) is 9.80 Å². The van der Waals surface area contributed by atoms with E-state index in [9.17, 15) is 9.59 Å². The average Bonchev–Trinajstić information content (AvgIpc) is 2.99. The molecule has 5 heteroatoms. The van der Waals surface area contributed by atoms with E-state index in [1.54, 1.807) is 4.90 Å². The van der Waals surface area contributed by atoms with E-state index in [1.165, 1.54) is 0 Å². The third-order valence-electron chi connectivity index (χ3n) is 4.23. The quantitative estimate of drug-likeness (QED) is 0.623. The van der Waals surface area contributed by atoms with Gasteiger partial charge in [-0.05, 0) is 6.42 Å². The van der Waals surface area contributed by atoms with Crippen LogP contribution < -0.4 is 0 Å². The Balaban J connectivity index is 1.65. The predicted octanol–water partition coefficient (Wildman–Crippen LogP) is -0.430. The topological polar surface area (TPSA) is 49.9 Å². The number of likely N-dealkylation sites (tertiary alicyclic amines) is 2. The Morgan fingerprint density at radius 3 is 2.82 bits per heavy atom. The molecule has 3 aliphatic rings. The maximum absolute atomic E-state index is 12.2. The molecular weight excluding hydrogens is 220 g/mol. The Hall–Kier alpha value is -1.10. The maximum atomic E-state index is 12.2. The largest absolute Gasteiger partial charge is 0.381 e. The third-order valence-corrected chi connectivity index (χ3v) is 4.23. The van der Waals surface area contributed by atoms with E-state index < -0.39 is 0 Å². The van der Waals surface area contributed by atoms with E-state index in [0.717, 1.165) is 19.5 Å². The fraction of sp³-hybridized carbons (Fsp3) is 0.833. The second-order valence-corrected chi connectivity index (χ2v) is 5.39. The summed E-state index contributed by atoms with van der Waals surface area (Å²) in [7, 11) is 1.84. The number of hydrogen-bond acceptors (Lipinski definition) is 3. The molecule has 3 rings (SSSR count). The number of amides is 2. The first-order chi connectivity index (χ1) is 8.16. The Kier molecular flexibility index (Phi) is 2.58. The van der Waals surface area contributed by atoms with Gasteiger partial charge >= 0.3 is 0 Å². The molecule has 3 atom stereocenters. The molecule has 1 unspecified atom stereocenters. The van der Waals surface area contributed by atoms with Gasteiger partial charge in [0.15, 0.2) is 0 Å². The summed E-state index contributed by atoms with van der Waals surface area (Å²) < 4.78 is 5.25. The lowest BCUT2D eigenvalue weighted by atomic mass is 10.0. The van der Waals surface area contributed by atoms with Crippen LogP contribution in [0.3, 0.4) is 0 Å². The van der Waals surface area contributed by atoms with Crippen LogP contribution in [0.15, 0.2) is 0 Å². The van der Waals surface area contributed by atoms with Crippen molar-refractivity contribution in [2.75, 3.05) is 39.9 Å². The third kappa shape index (κ3) is 1.73. The van der Waals surface area contributed by atoms with Gasteiger partial charge < -0.3 is 14.5 Å². The zero-order valence-corrected chi connectivity index (χ0v) is 10.1. The lowest BCUT2D eigenvalue weighted by Gasteiger charge is -2.21. The molecule has 2 amide bonds. The van der Waals surface area contributed by atoms with Gasteiger partial charge in [-0.25, -0.2) is 0 Å². The number of nitrogens with zero attached hydrogens (tertiary/aromatic N) is 2. The number of carbonyl (C=O) groups excluding carboxylic acids is 2. The Morgan fingerprint density at radius 2 is 2.18 bits per heavy atom. The van der Waals surface area contributed by atoms with E-state index in [4.69, 9.17) is 4.74 Å². The standard InChI is InChI=1S/C12H18N2O3/c1-13-4-9-5-14(6-10(9)12(13)16)11(15)8-2-3-17-7-8/h8-10H,2-7H2,1H3/t8?,9-,10+/m1/s1. The van der Waals surface area contributed by atoms with Crippen molar-refractivity contribution in [3.63, 3.8) is 0 Å². The number of fused-ring (bicyclic) bond motifs is 1. The SMILES string of the molecule is CN1C[C@@H]2CN(C(=O)C3CCOC3)C[C@@H]2C1=O. The molecular formula is C12H18N2O3. The van der Waals surface area contributed by atoms with Crippen molar-refractivity contribution >= 4 is 11.8 Å². The highest BCUT2D eigenvalue weighted by atomic mass is 16.5. The summed E-state index contributed by atoms with van der Waals surface area (Å²) >= 11 is 0. The van der Waals surface area contributed by atoms with Gasteiger partial charge in [-0.2, -0.15) is 0 Å². The summed E-state index contributed by atoms with van der Waals surface area (Å²) in [6.45, 7) is 3.41. The number of rotatable bonds is 1. The molecule has 0 radical (unpaired) electrons. The molecule has 0 spiro atoms. The van der Waals surface area contributed by atoms with Gasteiger partial charge in [0.2, 0.25) is 11.8 Å². The molecule has 94 valence electrons. The van der Waals surface area contributed by atoms with Gasteiger partial charge in [0.1, 0.15) is 0 Å². The maximum Gasteiger partial charge on any atom is 0.228 e. The minimum absolute atomic E-state index is 0.0293. The molecule has 3 saturated heterocycles. The molecule has 0 aromatic rings. The van der Waals surface area contributed by atoms with E-state index in [1.807, 2.05) is 11.9 Å². The summed E-state index contributed by atoms with van der Waals surface area (Å²) in [5, 5.41) is 0. The predicted molar refractivity (Wildman–Crippen MR) is 60.1 cm³/mol. The fourth-order valence-electron chi connectivity index (χ4n) is 3.23. The first kappa shape index (κ1) is 11.0. The fourth-order valence-corrected chi connectivity index (χ4v) is 3.23. The van der Waals surface area contributed by atoms with Gasteiger partial charge in [0.05, 0.1) is 18.4 Å². The van der Waals surface area contributed by atoms with Gasteiger partial charge in [-0.3, -0.25) is 9.59 Å². The lowest BCUT2D eigenvalue weighted by molar-refractivity contribution is -0.135. The molecule has 3 fully saturated rings. The lowest BCUT2D eigenvalue weighted by Crippen LogP contribution is -2.37. The minimum atomic E-state index is 0.0293. The monoisotopic (exact) mass is 238 g/mol. The van der Waals surface area contributed by atoms with Crippen molar-refractivity contribution in [3.05, 3.63) is 0 Å². The molecule has 0 aromatic carbocycles. The van der Waals surface area contributed by atoms with E-state index in [0.29, 0.717) is 25.7 Å². The van der Waals surface area contributed by atoms with Crippen molar-refractivity contribution in [2.45, 2.75) is 6.42 Å². The Labute approximate surface area is 101 Å². The molecule has 3 heterocycles. The van der Waals surface area contributed by atoms with Crippen molar-refractivity contribution in [1.29, 1.82) is 0 Å². The number of hydrogen-bond donors (Lipinski definition) is 0. The Morgan fingerprint density at radius 1 is 1.35 bits per heavy atom. The first-order valence-electron chi connectivity index (χ1n) is 6.28. The second kappa shape index (κ2) is 3.98. The van der Waals surface area contributed by atoms with Crippen LogP contribution in [0.2, 0.25) is 0 Å². The van der Waals surface area contributed by atoms with Gasteiger partial charge in [0, 0.05) is 39.2 Å². The van der Waals surface area contributed by atoms with Crippen molar-refractivity contribution in [3.8, 4) is 0 Å². The Bertz CT molecular complexity index is 352. The van der Waals surface area contributed by atoms with Crippen LogP contribution in [0.5, 0.6) is 0 Å². The van der Waals surface area contributed by atoms with E-state index in [2.05, 4.69) is 0 Å². The highest BCUT2D eigenvalue weighted by Gasteiger charge is 2.47. The van der Waals surface area contributed by atoms with Crippen LogP contribution in [-0.2, 0) is 14.3 Å². The number of ether oxygens (including phenoxy) is 1. The molecule has 3 aliphatic heterocycles. The molecule has 0 bridgehead atoms. The van der Waals surface area contributed by atoms with Crippen LogP contribution in [-0.4, -0.2) is 61.5 Å². The summed E-state index contributed by atoms with van der Waals surface area (Å²) in [5.74, 6) is 0.812. The summed E-state index contributed by atoms with van der Waals surface area (Å²) in [6, 6.07) is 0. The molecule has 0 saturated carbocycles. The average molecular weight is 238 g/mol. The van der Waals surface area contributed by atoms with Crippen LogP contribution >= 0.6 is 0 Å². The van der Waals surface area contributed by atoms with Crippen LogP contribution in [0.25, 0.3) is 0 Å². The highest BCUT2D eigenvalue weighted by molar-refractivity contribution is 5.85. The molecule has 0 aliphatic carbocycles. The van der Waals surface area contributed by atoms with Crippen molar-refractivity contribution in [2.24, 2.45) is 17.8 Å². The molecule has 0 aromatic heterocycles. The summed E-state index contributed by atoms with van der Waals surface area (Å²) in [6.07, 6.45) is 0.832. The highest BCUT2D eigenvalue weighted by Crippen LogP contribution is 2.32. The molecule has 5 nitrogen and oxygen atoms in total. The van der Waals surface area contributed by atoms with E-state index in [-0.39, 0.29) is 23.7 Å². The zero-order valence-electron chi connectivity index (χ0n) is 10.1. The smallest absolute Gasteiger partial charge is 0.228 e. The first-order valence-corrected chi connectivity index (χ1v) is 6.28. The molecule has 0 N–H and O–H groups in total. The normalized spacial score (nSPS) is 36.8. The second-order valence-electron chi connectivity index (χ2n) is 5.39. The van der Waals surface area contributed by atoms with Crippen LogP contribution in [0, 0.1) is 17.8 Å². The van der Waals surface area contributed by atoms with Crippen LogP contribution in [0.1, 0.15) is 6.42 Å². The summed E-state index contributed by atoms with van der Waals surface area (Å²) in [4.78, 5) is 27.7. The van der Waals surface area contributed by atoms with Gasteiger partial charge in [-0.15, -0.1) is 0 Å². The van der Waals surface area contributed by atoms with Gasteiger partial charge in [0.25, 0.3) is 0 Å². The molecule has 17 heavy (non-hydrogen) atoms. The zero-order chi connectivity index (χ0) is 12.0.